The first-order valence-electron chi connectivity index (χ1n) is 4.99. The Bertz CT molecular complexity index is 355. The maximum atomic E-state index is 8.69. The van der Waals surface area contributed by atoms with E-state index in [0.29, 0.717) is 0 Å². The fraction of sp³-hybridized carbons (Fsp3) is 0.545. The molecule has 0 radical (unpaired) electrons. The lowest BCUT2D eigenvalue weighted by atomic mass is 10.3. The minimum atomic E-state index is -0.254. The number of hydrogen-bond donors (Lipinski definition) is 1. The predicted molar refractivity (Wildman–Crippen MR) is 63.1 cm³/mol. The summed E-state index contributed by atoms with van der Waals surface area (Å²) in [5, 5.41) is 12.0. The summed E-state index contributed by atoms with van der Waals surface area (Å²) in [6.07, 6.45) is -0.254. The van der Waals surface area contributed by atoms with Crippen molar-refractivity contribution in [3.8, 4) is 6.07 Å². The van der Waals surface area contributed by atoms with Gasteiger partial charge in [0, 0.05) is 25.6 Å². The molecule has 0 amide bonds. The van der Waals surface area contributed by atoms with Crippen LogP contribution in [-0.4, -0.2) is 26.6 Å². The summed E-state index contributed by atoms with van der Waals surface area (Å²) in [4.78, 5) is 1.87. The van der Waals surface area contributed by atoms with E-state index in [-0.39, 0.29) is 12.3 Å². The van der Waals surface area contributed by atoms with Gasteiger partial charge in [0.05, 0.1) is 6.04 Å². The second kappa shape index (κ2) is 6.61. The molecular formula is C11H16N2O2S. The average molecular weight is 240 g/mol. The van der Waals surface area contributed by atoms with Crippen molar-refractivity contribution in [3.63, 3.8) is 0 Å². The fourth-order valence-corrected chi connectivity index (χ4v) is 2.15. The topological polar surface area (TPSA) is 54.3 Å². The molecule has 1 aromatic heterocycles. The van der Waals surface area contributed by atoms with Gasteiger partial charge < -0.3 is 14.8 Å². The Labute approximate surface area is 99.8 Å². The summed E-state index contributed by atoms with van der Waals surface area (Å²) in [6.45, 7) is 2.72. The predicted octanol–water partition coefficient (Wildman–Crippen LogP) is 1.72. The maximum absolute atomic E-state index is 8.69. The highest BCUT2D eigenvalue weighted by Crippen LogP contribution is 2.15. The van der Waals surface area contributed by atoms with E-state index in [1.54, 1.807) is 14.2 Å². The summed E-state index contributed by atoms with van der Waals surface area (Å²) in [5.41, 5.74) is 0. The van der Waals surface area contributed by atoms with Gasteiger partial charge in [-0.25, -0.2) is 0 Å². The molecule has 0 aliphatic rings. The fourth-order valence-electron chi connectivity index (χ4n) is 1.40. The van der Waals surface area contributed by atoms with Gasteiger partial charge in [-0.3, -0.25) is 0 Å². The molecule has 0 aliphatic carbocycles. The molecule has 1 atom stereocenters. The summed E-state index contributed by atoms with van der Waals surface area (Å²) in [7, 11) is 3.23. The zero-order chi connectivity index (χ0) is 12.0. The molecule has 16 heavy (non-hydrogen) atoms. The van der Waals surface area contributed by atoms with E-state index in [1.807, 2.05) is 19.1 Å². The van der Waals surface area contributed by atoms with Crippen molar-refractivity contribution in [2.75, 3.05) is 14.2 Å². The molecule has 0 aromatic carbocycles. The lowest BCUT2D eigenvalue weighted by Crippen LogP contribution is -2.39. The van der Waals surface area contributed by atoms with Crippen molar-refractivity contribution >= 4 is 11.3 Å². The number of nitrogens with one attached hydrogen (secondary N) is 1. The first kappa shape index (κ1) is 13.1. The van der Waals surface area contributed by atoms with E-state index in [2.05, 4.69) is 11.4 Å². The number of nitriles is 1. The summed E-state index contributed by atoms with van der Waals surface area (Å²) in [6, 6.07) is 6.01. The van der Waals surface area contributed by atoms with E-state index in [9.17, 15) is 0 Å². The van der Waals surface area contributed by atoms with Crippen LogP contribution >= 0.6 is 11.3 Å². The van der Waals surface area contributed by atoms with Gasteiger partial charge in [-0.15, -0.1) is 11.3 Å². The first-order chi connectivity index (χ1) is 7.71. The minimum absolute atomic E-state index is 0.0997. The molecule has 0 saturated heterocycles. The van der Waals surface area contributed by atoms with Gasteiger partial charge in [-0.2, -0.15) is 5.26 Å². The van der Waals surface area contributed by atoms with Gasteiger partial charge in [0.1, 0.15) is 10.9 Å². The van der Waals surface area contributed by atoms with E-state index in [0.717, 1.165) is 16.3 Å². The first-order valence-corrected chi connectivity index (χ1v) is 5.80. The molecule has 1 unspecified atom stereocenters. The number of thiophene rings is 1. The van der Waals surface area contributed by atoms with Crippen LogP contribution in [0.4, 0.5) is 0 Å². The number of rotatable bonds is 6. The highest BCUT2D eigenvalue weighted by molar-refractivity contribution is 7.12. The third-order valence-corrected chi connectivity index (χ3v) is 3.23. The third-order valence-electron chi connectivity index (χ3n) is 2.24. The van der Waals surface area contributed by atoms with Crippen LogP contribution in [0.5, 0.6) is 0 Å². The Morgan fingerprint density at radius 1 is 1.44 bits per heavy atom. The standard InChI is InChI=1S/C11H16N2O2S/c1-8(11(14-2)15-3)13-7-10-5-4-9(6-12)16-10/h4-5,8,11,13H,7H2,1-3H3. The van der Waals surface area contributed by atoms with Crippen molar-refractivity contribution in [1.29, 1.82) is 5.26 Å². The van der Waals surface area contributed by atoms with E-state index in [1.165, 1.54) is 11.3 Å². The lowest BCUT2D eigenvalue weighted by molar-refractivity contribution is -0.119. The van der Waals surface area contributed by atoms with Gasteiger partial charge in [0.25, 0.3) is 0 Å². The van der Waals surface area contributed by atoms with Gasteiger partial charge in [-0.1, -0.05) is 0 Å². The Balaban J connectivity index is 2.42. The molecule has 1 aromatic rings. The quantitative estimate of drug-likeness (QED) is 0.769. The van der Waals surface area contributed by atoms with Crippen molar-refractivity contribution < 1.29 is 9.47 Å². The van der Waals surface area contributed by atoms with Gasteiger partial charge in [-0.05, 0) is 19.1 Å². The number of methoxy groups -OCH3 is 2. The number of nitrogens with zero attached hydrogens (tertiary/aromatic N) is 1. The smallest absolute Gasteiger partial charge is 0.171 e. The molecule has 0 saturated carbocycles. The zero-order valence-corrected chi connectivity index (χ0v) is 10.5. The van der Waals surface area contributed by atoms with Crippen molar-refractivity contribution in [3.05, 3.63) is 21.9 Å². The molecule has 0 bridgehead atoms. The molecule has 0 fully saturated rings. The van der Waals surface area contributed by atoms with Crippen LogP contribution in [0, 0.1) is 11.3 Å². The largest absolute Gasteiger partial charge is 0.354 e. The molecular weight excluding hydrogens is 224 g/mol. The SMILES string of the molecule is COC(OC)C(C)NCc1ccc(C#N)s1. The molecule has 5 heteroatoms. The Hall–Kier alpha value is -0.930. The van der Waals surface area contributed by atoms with Crippen LogP contribution in [0.3, 0.4) is 0 Å². The van der Waals surface area contributed by atoms with Crippen LogP contribution in [0.1, 0.15) is 16.7 Å². The Kier molecular flexibility index (Phi) is 5.43. The lowest BCUT2D eigenvalue weighted by Gasteiger charge is -2.21. The number of hydrogen-bond acceptors (Lipinski definition) is 5. The molecule has 4 nitrogen and oxygen atoms in total. The van der Waals surface area contributed by atoms with Crippen LogP contribution in [0.25, 0.3) is 0 Å². The van der Waals surface area contributed by atoms with E-state index < -0.39 is 0 Å². The average Bonchev–Trinajstić information content (AvgIpc) is 2.76. The van der Waals surface area contributed by atoms with Gasteiger partial charge in [0.2, 0.25) is 0 Å². The zero-order valence-electron chi connectivity index (χ0n) is 9.69. The maximum Gasteiger partial charge on any atom is 0.171 e. The van der Waals surface area contributed by atoms with Crippen LogP contribution in [0.2, 0.25) is 0 Å². The second-order valence-electron chi connectivity index (χ2n) is 3.39. The third kappa shape index (κ3) is 3.58. The van der Waals surface area contributed by atoms with Crippen LogP contribution in [-0.2, 0) is 16.0 Å². The van der Waals surface area contributed by atoms with Crippen LogP contribution < -0.4 is 5.32 Å². The Morgan fingerprint density at radius 3 is 2.62 bits per heavy atom. The summed E-state index contributed by atoms with van der Waals surface area (Å²) < 4.78 is 10.3. The molecule has 1 rings (SSSR count). The summed E-state index contributed by atoms with van der Waals surface area (Å²) >= 11 is 1.50. The minimum Gasteiger partial charge on any atom is -0.354 e. The molecule has 0 aliphatic heterocycles. The van der Waals surface area contributed by atoms with Crippen molar-refractivity contribution in [2.45, 2.75) is 25.8 Å². The molecule has 1 N–H and O–H groups in total. The van der Waals surface area contributed by atoms with Crippen LogP contribution in [0.15, 0.2) is 12.1 Å². The van der Waals surface area contributed by atoms with E-state index in [4.69, 9.17) is 14.7 Å². The van der Waals surface area contributed by atoms with Crippen molar-refractivity contribution in [2.24, 2.45) is 0 Å². The highest BCUT2D eigenvalue weighted by Gasteiger charge is 2.14. The molecule has 0 spiro atoms. The number of ether oxygens (including phenoxy) is 2. The second-order valence-corrected chi connectivity index (χ2v) is 4.56. The normalized spacial score (nSPS) is 12.7. The van der Waals surface area contributed by atoms with Crippen molar-refractivity contribution in [1.82, 2.24) is 5.32 Å². The van der Waals surface area contributed by atoms with Gasteiger partial charge >= 0.3 is 0 Å². The molecule has 88 valence electrons. The molecule has 1 heterocycles. The Morgan fingerprint density at radius 2 is 2.12 bits per heavy atom. The monoisotopic (exact) mass is 240 g/mol. The van der Waals surface area contributed by atoms with Gasteiger partial charge in [0.15, 0.2) is 6.29 Å². The summed E-state index contributed by atoms with van der Waals surface area (Å²) in [5.74, 6) is 0. The highest BCUT2D eigenvalue weighted by atomic mass is 32.1. The van der Waals surface area contributed by atoms with E-state index >= 15 is 0 Å².